The molecule has 1 N–H and O–H groups in total. The molecule has 3 rings (SSSR count). The van der Waals surface area contributed by atoms with E-state index in [9.17, 15) is 5.11 Å². The molecule has 0 aliphatic rings. The summed E-state index contributed by atoms with van der Waals surface area (Å²) in [5, 5.41) is 9.56. The number of imidazole rings is 1. The molecule has 21 heavy (non-hydrogen) atoms. The summed E-state index contributed by atoms with van der Waals surface area (Å²) < 4.78 is 7.66. The Morgan fingerprint density at radius 3 is 2.67 bits per heavy atom. The zero-order chi connectivity index (χ0) is 14.7. The third kappa shape index (κ3) is 2.76. The second kappa shape index (κ2) is 5.97. The molecule has 0 unspecified atom stereocenters. The topological polar surface area (TPSA) is 46.8 Å². The van der Waals surface area contributed by atoms with Gasteiger partial charge in [-0.1, -0.05) is 31.5 Å². The fraction of sp³-hybridized carbons (Fsp3) is 0.235. The molecule has 0 amide bonds. The normalized spacial score (nSPS) is 11.0. The molecule has 2 heterocycles. The first kappa shape index (κ1) is 13.6. The van der Waals surface area contributed by atoms with Gasteiger partial charge in [-0.3, -0.25) is 4.40 Å². The van der Waals surface area contributed by atoms with Crippen LogP contribution in [0.2, 0.25) is 0 Å². The molecule has 0 spiro atoms. The average Bonchev–Trinajstić information content (AvgIpc) is 2.86. The summed E-state index contributed by atoms with van der Waals surface area (Å²) in [6.07, 6.45) is 4.06. The summed E-state index contributed by atoms with van der Waals surface area (Å²) in [6.45, 7) is 2.04. The molecule has 0 fully saturated rings. The molecule has 3 aromatic rings. The van der Waals surface area contributed by atoms with E-state index >= 15 is 0 Å². The van der Waals surface area contributed by atoms with E-state index in [-0.39, 0.29) is 6.61 Å². The lowest BCUT2D eigenvalue weighted by Gasteiger charge is -2.05. The van der Waals surface area contributed by atoms with Crippen molar-refractivity contribution >= 4 is 5.65 Å². The number of benzene rings is 1. The van der Waals surface area contributed by atoms with Crippen molar-refractivity contribution in [1.82, 2.24) is 9.38 Å². The predicted molar refractivity (Wildman–Crippen MR) is 81.6 cm³/mol. The maximum atomic E-state index is 9.56. The fourth-order valence-corrected chi connectivity index (χ4v) is 2.38. The van der Waals surface area contributed by atoms with E-state index in [4.69, 9.17) is 4.74 Å². The van der Waals surface area contributed by atoms with Crippen molar-refractivity contribution in [3.63, 3.8) is 0 Å². The number of ether oxygens (including phenoxy) is 1. The van der Waals surface area contributed by atoms with Crippen LogP contribution in [0.25, 0.3) is 5.65 Å². The van der Waals surface area contributed by atoms with Crippen molar-refractivity contribution in [2.45, 2.75) is 26.4 Å². The molecule has 1 aromatic carbocycles. The summed E-state index contributed by atoms with van der Waals surface area (Å²) in [5.74, 6) is 1.18. The second-order valence-corrected chi connectivity index (χ2v) is 4.95. The minimum atomic E-state index is -0.117. The molecule has 2 aromatic heterocycles. The number of hydrogen-bond donors (Lipinski definition) is 1. The Kier molecular flexibility index (Phi) is 3.88. The van der Waals surface area contributed by atoms with Gasteiger partial charge in [-0.25, -0.2) is 0 Å². The number of aryl methyl sites for hydroxylation is 1. The molecule has 0 radical (unpaired) electrons. The third-order valence-electron chi connectivity index (χ3n) is 3.42. The number of aromatic nitrogens is 2. The predicted octanol–water partition coefficient (Wildman–Crippen LogP) is 3.57. The Balaban J connectivity index is 1.90. The van der Waals surface area contributed by atoms with Crippen molar-refractivity contribution in [3.05, 3.63) is 59.9 Å². The molecular weight excluding hydrogens is 264 g/mol. The van der Waals surface area contributed by atoms with Gasteiger partial charge in [0, 0.05) is 6.20 Å². The van der Waals surface area contributed by atoms with E-state index in [1.165, 1.54) is 5.56 Å². The van der Waals surface area contributed by atoms with Gasteiger partial charge in [0.05, 0.1) is 6.61 Å². The van der Waals surface area contributed by atoms with Gasteiger partial charge in [-0.2, -0.15) is 4.98 Å². The van der Waals surface area contributed by atoms with Crippen LogP contribution in [0.15, 0.2) is 48.7 Å². The van der Waals surface area contributed by atoms with Crippen LogP contribution in [-0.2, 0) is 13.0 Å². The number of fused-ring (bicyclic) bond motifs is 1. The quantitative estimate of drug-likeness (QED) is 0.778. The molecule has 0 aliphatic heterocycles. The summed E-state index contributed by atoms with van der Waals surface area (Å²) in [5.41, 5.74) is 2.71. The summed E-state index contributed by atoms with van der Waals surface area (Å²) in [7, 11) is 0. The van der Waals surface area contributed by atoms with Crippen LogP contribution in [0.3, 0.4) is 0 Å². The van der Waals surface area contributed by atoms with E-state index in [0.717, 1.165) is 24.2 Å². The first-order chi connectivity index (χ1) is 10.3. The monoisotopic (exact) mass is 282 g/mol. The number of pyridine rings is 1. The highest BCUT2D eigenvalue weighted by molar-refractivity contribution is 5.46. The standard InChI is InChI=1S/C17H18N2O2/c1-2-5-13-7-9-14(10-8-13)21-17-15(12-20)19-11-4-3-6-16(19)18-17/h3-4,6-11,20H,2,5,12H2,1H3. The van der Waals surface area contributed by atoms with Crippen LogP contribution >= 0.6 is 0 Å². The molecule has 0 aliphatic carbocycles. The van der Waals surface area contributed by atoms with E-state index in [2.05, 4.69) is 24.0 Å². The van der Waals surface area contributed by atoms with Crippen molar-refractivity contribution in [2.75, 3.05) is 0 Å². The lowest BCUT2D eigenvalue weighted by molar-refractivity contribution is 0.269. The van der Waals surface area contributed by atoms with Gasteiger partial charge in [-0.05, 0) is 36.2 Å². The smallest absolute Gasteiger partial charge is 0.243 e. The Bertz CT molecular complexity index is 732. The van der Waals surface area contributed by atoms with Crippen molar-refractivity contribution < 1.29 is 9.84 Å². The molecule has 0 saturated heterocycles. The first-order valence-corrected chi connectivity index (χ1v) is 7.15. The molecule has 0 atom stereocenters. The van der Waals surface area contributed by atoms with Crippen molar-refractivity contribution in [1.29, 1.82) is 0 Å². The largest absolute Gasteiger partial charge is 0.437 e. The zero-order valence-electron chi connectivity index (χ0n) is 12.0. The van der Waals surface area contributed by atoms with Crippen LogP contribution in [-0.4, -0.2) is 14.5 Å². The SMILES string of the molecule is CCCc1ccc(Oc2nc3ccccn3c2CO)cc1. The van der Waals surface area contributed by atoms with E-state index in [1.54, 1.807) is 0 Å². The van der Waals surface area contributed by atoms with Gasteiger partial charge in [0.2, 0.25) is 5.88 Å². The molecule has 0 bridgehead atoms. The van der Waals surface area contributed by atoms with Crippen molar-refractivity contribution in [2.24, 2.45) is 0 Å². The lowest BCUT2D eigenvalue weighted by Crippen LogP contribution is -1.94. The van der Waals surface area contributed by atoms with Gasteiger partial charge in [-0.15, -0.1) is 0 Å². The van der Waals surface area contributed by atoms with Gasteiger partial charge >= 0.3 is 0 Å². The van der Waals surface area contributed by atoms with E-state index in [0.29, 0.717) is 11.6 Å². The van der Waals surface area contributed by atoms with Gasteiger partial charge in [0.1, 0.15) is 17.1 Å². The highest BCUT2D eigenvalue weighted by Crippen LogP contribution is 2.26. The minimum Gasteiger partial charge on any atom is -0.437 e. The minimum absolute atomic E-state index is 0.117. The van der Waals surface area contributed by atoms with Crippen LogP contribution in [0.5, 0.6) is 11.6 Å². The number of nitrogens with zero attached hydrogens (tertiary/aromatic N) is 2. The highest BCUT2D eigenvalue weighted by Gasteiger charge is 2.13. The first-order valence-electron chi connectivity index (χ1n) is 7.15. The Morgan fingerprint density at radius 2 is 1.95 bits per heavy atom. The number of hydrogen-bond acceptors (Lipinski definition) is 3. The lowest BCUT2D eigenvalue weighted by atomic mass is 10.1. The zero-order valence-corrected chi connectivity index (χ0v) is 12.0. The van der Waals surface area contributed by atoms with E-state index < -0.39 is 0 Å². The summed E-state index contributed by atoms with van der Waals surface area (Å²) in [6, 6.07) is 13.7. The maximum absolute atomic E-state index is 9.56. The number of rotatable bonds is 5. The van der Waals surface area contributed by atoms with Gasteiger partial charge in [0.15, 0.2) is 0 Å². The molecule has 4 nitrogen and oxygen atoms in total. The van der Waals surface area contributed by atoms with Crippen LogP contribution in [0.4, 0.5) is 0 Å². The summed E-state index contributed by atoms with van der Waals surface area (Å²) in [4.78, 5) is 4.42. The Hall–Kier alpha value is -2.33. The number of aliphatic hydroxyl groups excluding tert-OH is 1. The number of aliphatic hydroxyl groups is 1. The molecule has 4 heteroatoms. The molecule has 108 valence electrons. The Morgan fingerprint density at radius 1 is 1.14 bits per heavy atom. The maximum Gasteiger partial charge on any atom is 0.243 e. The van der Waals surface area contributed by atoms with Gasteiger partial charge in [0.25, 0.3) is 0 Å². The molecular formula is C17H18N2O2. The summed E-state index contributed by atoms with van der Waals surface area (Å²) >= 11 is 0. The second-order valence-electron chi connectivity index (χ2n) is 4.95. The molecule has 0 saturated carbocycles. The van der Waals surface area contributed by atoms with Crippen LogP contribution < -0.4 is 4.74 Å². The van der Waals surface area contributed by atoms with E-state index in [1.807, 2.05) is 40.9 Å². The average molecular weight is 282 g/mol. The van der Waals surface area contributed by atoms with Crippen molar-refractivity contribution in [3.8, 4) is 11.6 Å². The Labute approximate surface area is 123 Å². The van der Waals surface area contributed by atoms with Crippen LogP contribution in [0, 0.1) is 0 Å². The third-order valence-corrected chi connectivity index (χ3v) is 3.42. The van der Waals surface area contributed by atoms with Gasteiger partial charge < -0.3 is 9.84 Å². The highest BCUT2D eigenvalue weighted by atomic mass is 16.5. The fourth-order valence-electron chi connectivity index (χ4n) is 2.38. The van der Waals surface area contributed by atoms with Crippen LogP contribution in [0.1, 0.15) is 24.6 Å².